The molecule has 1 aromatic heterocycles. The number of halogens is 1. The van der Waals surface area contributed by atoms with Crippen molar-refractivity contribution in [3.05, 3.63) is 21.9 Å². The summed E-state index contributed by atoms with van der Waals surface area (Å²) in [6, 6.07) is 3.93. The molecule has 0 saturated heterocycles. The third-order valence-corrected chi connectivity index (χ3v) is 1.84. The molecule has 0 saturated carbocycles. The minimum atomic E-state index is 0.632. The van der Waals surface area contributed by atoms with Crippen LogP contribution in [0, 0.1) is 3.57 Å². The summed E-state index contributed by atoms with van der Waals surface area (Å²) in [7, 11) is 0. The fourth-order valence-corrected chi connectivity index (χ4v) is 1.16. The zero-order chi connectivity index (χ0) is 8.10. The van der Waals surface area contributed by atoms with Crippen molar-refractivity contribution in [2.45, 2.75) is 0 Å². The van der Waals surface area contributed by atoms with Gasteiger partial charge in [0.1, 0.15) is 5.82 Å². The van der Waals surface area contributed by atoms with Gasteiger partial charge in [0, 0.05) is 22.9 Å². The van der Waals surface area contributed by atoms with Crippen molar-refractivity contribution < 1.29 is 0 Å². The van der Waals surface area contributed by atoms with Gasteiger partial charge in [-0.3, -0.25) is 0 Å². The summed E-state index contributed by atoms with van der Waals surface area (Å²) in [5.74, 6) is 0.891. The van der Waals surface area contributed by atoms with E-state index in [0.29, 0.717) is 6.54 Å². The predicted molar refractivity (Wildman–Crippen MR) is 54.5 cm³/mol. The van der Waals surface area contributed by atoms with Gasteiger partial charge in [0.2, 0.25) is 0 Å². The highest BCUT2D eigenvalue weighted by Gasteiger charge is 1.91. The number of nitrogens with one attached hydrogen (secondary N) is 1. The molecule has 3 nitrogen and oxygen atoms in total. The van der Waals surface area contributed by atoms with Crippen molar-refractivity contribution >= 4 is 28.4 Å². The van der Waals surface area contributed by atoms with E-state index in [2.05, 4.69) is 32.9 Å². The van der Waals surface area contributed by atoms with E-state index >= 15 is 0 Å². The number of nitrogens with zero attached hydrogens (tertiary/aromatic N) is 1. The molecule has 0 unspecified atom stereocenters. The van der Waals surface area contributed by atoms with Crippen molar-refractivity contribution in [2.75, 3.05) is 18.4 Å². The molecule has 0 radical (unpaired) electrons. The Morgan fingerprint density at radius 1 is 1.64 bits per heavy atom. The Morgan fingerprint density at radius 3 is 3.09 bits per heavy atom. The van der Waals surface area contributed by atoms with Crippen LogP contribution in [0.2, 0.25) is 0 Å². The molecule has 0 aliphatic carbocycles. The molecule has 0 aromatic carbocycles. The number of aromatic nitrogens is 1. The molecule has 60 valence electrons. The number of anilines is 1. The van der Waals surface area contributed by atoms with Gasteiger partial charge in [-0.05, 0) is 34.7 Å². The molecule has 1 heterocycles. The Hall–Kier alpha value is -0.360. The van der Waals surface area contributed by atoms with Gasteiger partial charge in [-0.2, -0.15) is 0 Å². The average Bonchev–Trinajstić information content (AvgIpc) is 2.01. The van der Waals surface area contributed by atoms with Crippen molar-refractivity contribution in [2.24, 2.45) is 5.73 Å². The monoisotopic (exact) mass is 263 g/mol. The summed E-state index contributed by atoms with van der Waals surface area (Å²) in [6.07, 6.45) is 1.78. The highest BCUT2D eigenvalue weighted by molar-refractivity contribution is 14.1. The summed E-state index contributed by atoms with van der Waals surface area (Å²) < 4.78 is 1.18. The van der Waals surface area contributed by atoms with Crippen molar-refractivity contribution in [1.82, 2.24) is 4.98 Å². The Kier molecular flexibility index (Phi) is 3.58. The lowest BCUT2D eigenvalue weighted by molar-refractivity contribution is 1.01. The molecule has 0 spiro atoms. The maximum Gasteiger partial charge on any atom is 0.126 e. The molecule has 0 fully saturated rings. The molecular formula is C7H10IN3. The SMILES string of the molecule is NCCNc1cc(I)ccn1. The van der Waals surface area contributed by atoms with E-state index in [9.17, 15) is 0 Å². The zero-order valence-electron chi connectivity index (χ0n) is 6.05. The van der Waals surface area contributed by atoms with E-state index in [-0.39, 0.29) is 0 Å². The summed E-state index contributed by atoms with van der Waals surface area (Å²) in [4.78, 5) is 4.11. The Bertz CT molecular complexity index is 227. The van der Waals surface area contributed by atoms with Crippen LogP contribution >= 0.6 is 22.6 Å². The van der Waals surface area contributed by atoms with E-state index in [4.69, 9.17) is 5.73 Å². The Labute approximate surface area is 79.5 Å². The number of hydrogen-bond donors (Lipinski definition) is 2. The Morgan fingerprint density at radius 2 is 2.45 bits per heavy atom. The number of hydrogen-bond acceptors (Lipinski definition) is 3. The average molecular weight is 263 g/mol. The van der Waals surface area contributed by atoms with Gasteiger partial charge in [0.15, 0.2) is 0 Å². The van der Waals surface area contributed by atoms with Crippen LogP contribution in [-0.2, 0) is 0 Å². The smallest absolute Gasteiger partial charge is 0.126 e. The van der Waals surface area contributed by atoms with Crippen LogP contribution in [0.15, 0.2) is 18.3 Å². The normalized spacial score (nSPS) is 9.64. The number of pyridine rings is 1. The van der Waals surface area contributed by atoms with Gasteiger partial charge in [0.05, 0.1) is 0 Å². The van der Waals surface area contributed by atoms with Gasteiger partial charge in [-0.15, -0.1) is 0 Å². The van der Waals surface area contributed by atoms with Crippen LogP contribution in [0.4, 0.5) is 5.82 Å². The van der Waals surface area contributed by atoms with E-state index in [1.165, 1.54) is 3.57 Å². The minimum absolute atomic E-state index is 0.632. The third kappa shape index (κ3) is 3.02. The van der Waals surface area contributed by atoms with E-state index in [1.54, 1.807) is 6.20 Å². The quantitative estimate of drug-likeness (QED) is 0.801. The number of rotatable bonds is 3. The van der Waals surface area contributed by atoms with E-state index in [0.717, 1.165) is 12.4 Å². The van der Waals surface area contributed by atoms with Crippen molar-refractivity contribution in [3.8, 4) is 0 Å². The molecule has 0 aliphatic rings. The summed E-state index contributed by atoms with van der Waals surface area (Å²) >= 11 is 2.25. The molecule has 0 atom stereocenters. The van der Waals surface area contributed by atoms with E-state index in [1.807, 2.05) is 12.1 Å². The largest absolute Gasteiger partial charge is 0.369 e. The molecular weight excluding hydrogens is 253 g/mol. The molecule has 3 N–H and O–H groups in total. The third-order valence-electron chi connectivity index (χ3n) is 1.17. The first-order valence-electron chi connectivity index (χ1n) is 3.38. The molecule has 0 amide bonds. The van der Waals surface area contributed by atoms with Crippen LogP contribution in [0.25, 0.3) is 0 Å². The lowest BCUT2D eigenvalue weighted by Gasteiger charge is -2.02. The molecule has 1 rings (SSSR count). The predicted octanol–water partition coefficient (Wildman–Crippen LogP) is 1.06. The lowest BCUT2D eigenvalue weighted by Crippen LogP contribution is -2.13. The van der Waals surface area contributed by atoms with Gasteiger partial charge >= 0.3 is 0 Å². The van der Waals surface area contributed by atoms with Crippen LogP contribution in [0.5, 0.6) is 0 Å². The first-order valence-corrected chi connectivity index (χ1v) is 4.46. The van der Waals surface area contributed by atoms with Crippen LogP contribution in [-0.4, -0.2) is 18.1 Å². The van der Waals surface area contributed by atoms with Gasteiger partial charge in [-0.1, -0.05) is 0 Å². The molecule has 4 heteroatoms. The van der Waals surface area contributed by atoms with Crippen LogP contribution < -0.4 is 11.1 Å². The first kappa shape index (κ1) is 8.73. The van der Waals surface area contributed by atoms with Gasteiger partial charge in [-0.25, -0.2) is 4.98 Å². The number of nitrogens with two attached hydrogens (primary N) is 1. The zero-order valence-corrected chi connectivity index (χ0v) is 8.21. The second kappa shape index (κ2) is 4.50. The topological polar surface area (TPSA) is 50.9 Å². The highest BCUT2D eigenvalue weighted by Crippen LogP contribution is 2.07. The van der Waals surface area contributed by atoms with Gasteiger partial charge in [0.25, 0.3) is 0 Å². The second-order valence-electron chi connectivity index (χ2n) is 2.07. The first-order chi connectivity index (χ1) is 5.33. The fraction of sp³-hybridized carbons (Fsp3) is 0.286. The second-order valence-corrected chi connectivity index (χ2v) is 3.32. The van der Waals surface area contributed by atoms with Crippen molar-refractivity contribution in [1.29, 1.82) is 0 Å². The van der Waals surface area contributed by atoms with Crippen LogP contribution in [0.3, 0.4) is 0 Å². The lowest BCUT2D eigenvalue weighted by atomic mass is 10.4. The van der Waals surface area contributed by atoms with E-state index < -0.39 is 0 Å². The fourth-order valence-electron chi connectivity index (χ4n) is 0.702. The summed E-state index contributed by atoms with van der Waals surface area (Å²) in [5, 5.41) is 3.09. The maximum absolute atomic E-state index is 5.32. The molecule has 11 heavy (non-hydrogen) atoms. The minimum Gasteiger partial charge on any atom is -0.369 e. The van der Waals surface area contributed by atoms with Crippen molar-refractivity contribution in [3.63, 3.8) is 0 Å². The summed E-state index contributed by atoms with van der Waals surface area (Å²) in [5.41, 5.74) is 5.32. The molecule has 1 aromatic rings. The standard InChI is InChI=1S/C7H10IN3/c8-6-1-3-10-7(5-6)11-4-2-9/h1,3,5H,2,4,9H2,(H,10,11). The van der Waals surface area contributed by atoms with Crippen LogP contribution in [0.1, 0.15) is 0 Å². The molecule has 0 aliphatic heterocycles. The van der Waals surface area contributed by atoms with Gasteiger partial charge < -0.3 is 11.1 Å². The highest BCUT2D eigenvalue weighted by atomic mass is 127. The Balaban J connectivity index is 2.56. The summed E-state index contributed by atoms with van der Waals surface area (Å²) in [6.45, 7) is 1.40. The molecule has 0 bridgehead atoms. The maximum atomic E-state index is 5.32.